The van der Waals surface area contributed by atoms with Gasteiger partial charge in [-0.15, -0.1) is 0 Å². The molecule has 2 nitrogen and oxygen atoms in total. The van der Waals surface area contributed by atoms with E-state index < -0.39 is 0 Å². The summed E-state index contributed by atoms with van der Waals surface area (Å²) in [6.45, 7) is 4.18. The van der Waals surface area contributed by atoms with Crippen molar-refractivity contribution in [2.24, 2.45) is 0 Å². The lowest BCUT2D eigenvalue weighted by Crippen LogP contribution is -1.91. The summed E-state index contributed by atoms with van der Waals surface area (Å²) in [5.74, 6) is 0. The Morgan fingerprint density at radius 3 is 2.56 bits per heavy atom. The number of aryl methyl sites for hydroxylation is 2. The van der Waals surface area contributed by atoms with Crippen LogP contribution in [0, 0.1) is 11.7 Å². The van der Waals surface area contributed by atoms with Gasteiger partial charge in [0.05, 0.1) is 5.69 Å². The number of hydrogen-bond donors (Lipinski definition) is 1. The van der Waals surface area contributed by atoms with Crippen LogP contribution in [0.1, 0.15) is 18.1 Å². The van der Waals surface area contributed by atoms with E-state index in [1.54, 1.807) is 0 Å². The molecule has 1 heterocycles. The molecule has 0 aliphatic rings. The first-order valence-electron chi connectivity index (χ1n) is 5.36. The van der Waals surface area contributed by atoms with Crippen molar-refractivity contribution in [3.05, 3.63) is 46.4 Å². The summed E-state index contributed by atoms with van der Waals surface area (Å²) < 4.78 is 0.528. The number of hydrogen-bond acceptors (Lipinski definition) is 2. The number of benzene rings is 1. The number of aromatic amines is 1. The lowest BCUT2D eigenvalue weighted by molar-refractivity contribution is 1.10. The number of aromatic nitrogens is 2. The number of nitrogens with zero attached hydrogens (tertiary/aromatic N) is 1. The fourth-order valence-corrected chi connectivity index (χ4v) is 1.82. The van der Waals surface area contributed by atoms with E-state index >= 15 is 0 Å². The van der Waals surface area contributed by atoms with Gasteiger partial charge in [0.2, 0.25) is 0 Å². The van der Waals surface area contributed by atoms with Crippen molar-refractivity contribution < 1.29 is 0 Å². The maximum Gasteiger partial charge on any atom is 0.197 e. The van der Waals surface area contributed by atoms with Gasteiger partial charge in [0, 0.05) is 6.20 Å². The second kappa shape index (κ2) is 4.58. The van der Waals surface area contributed by atoms with Crippen LogP contribution in [0.5, 0.6) is 0 Å². The molecule has 2 rings (SSSR count). The predicted octanol–water partition coefficient (Wildman–Crippen LogP) is 3.68. The second-order valence-electron chi connectivity index (χ2n) is 3.80. The van der Waals surface area contributed by atoms with Crippen molar-refractivity contribution in [2.75, 3.05) is 0 Å². The minimum Gasteiger partial charge on any atom is -0.330 e. The third-order valence-electron chi connectivity index (χ3n) is 2.65. The average Bonchev–Trinajstić information content (AvgIpc) is 2.32. The Balaban J connectivity index is 2.50. The van der Waals surface area contributed by atoms with Crippen LogP contribution >= 0.6 is 12.2 Å². The zero-order valence-corrected chi connectivity index (χ0v) is 10.3. The maximum atomic E-state index is 5.04. The number of rotatable bonds is 2. The molecule has 3 heteroatoms. The Morgan fingerprint density at radius 1 is 1.25 bits per heavy atom. The molecule has 0 saturated heterocycles. The molecule has 2 aromatic rings. The number of H-pyrrole nitrogens is 1. The van der Waals surface area contributed by atoms with Crippen molar-refractivity contribution in [1.82, 2.24) is 9.97 Å². The maximum absolute atomic E-state index is 5.04. The van der Waals surface area contributed by atoms with Crippen LogP contribution in [-0.4, -0.2) is 9.97 Å². The Labute approximate surface area is 100 Å². The third-order valence-corrected chi connectivity index (χ3v) is 2.86. The normalized spacial score (nSPS) is 10.4. The molecule has 16 heavy (non-hydrogen) atoms. The van der Waals surface area contributed by atoms with Gasteiger partial charge >= 0.3 is 0 Å². The molecule has 0 bridgehead atoms. The van der Waals surface area contributed by atoms with E-state index in [9.17, 15) is 0 Å². The van der Waals surface area contributed by atoms with Crippen LogP contribution in [0.3, 0.4) is 0 Å². The first-order chi connectivity index (χ1) is 7.70. The fraction of sp³-hybridized carbons (Fsp3) is 0.231. The van der Waals surface area contributed by atoms with Gasteiger partial charge in [0.1, 0.15) is 0 Å². The highest BCUT2D eigenvalue weighted by molar-refractivity contribution is 7.71. The van der Waals surface area contributed by atoms with Gasteiger partial charge in [-0.3, -0.25) is 0 Å². The molecule has 1 N–H and O–H groups in total. The summed E-state index contributed by atoms with van der Waals surface area (Å²) in [4.78, 5) is 7.19. The molecule has 0 spiro atoms. The van der Waals surface area contributed by atoms with Crippen LogP contribution in [0.4, 0.5) is 0 Å². The first kappa shape index (κ1) is 11.0. The van der Waals surface area contributed by atoms with Crippen LogP contribution in [0.25, 0.3) is 11.3 Å². The Kier molecular flexibility index (Phi) is 3.15. The summed E-state index contributed by atoms with van der Waals surface area (Å²) >= 11 is 5.04. The van der Waals surface area contributed by atoms with Crippen molar-refractivity contribution in [3.63, 3.8) is 0 Å². The lowest BCUT2D eigenvalue weighted by Gasteiger charge is -2.06. The van der Waals surface area contributed by atoms with Crippen molar-refractivity contribution in [3.8, 4) is 11.3 Å². The van der Waals surface area contributed by atoms with Crippen LogP contribution in [0.15, 0.2) is 30.5 Å². The smallest absolute Gasteiger partial charge is 0.197 e. The molecule has 82 valence electrons. The van der Waals surface area contributed by atoms with Gasteiger partial charge in [-0.1, -0.05) is 31.2 Å². The van der Waals surface area contributed by atoms with Crippen LogP contribution in [-0.2, 0) is 6.42 Å². The van der Waals surface area contributed by atoms with E-state index in [0.29, 0.717) is 4.77 Å². The van der Waals surface area contributed by atoms with E-state index in [0.717, 1.165) is 23.2 Å². The van der Waals surface area contributed by atoms with E-state index in [2.05, 4.69) is 41.2 Å². The molecule has 1 aromatic heterocycles. The molecule has 0 radical (unpaired) electrons. The SMILES string of the molecule is CCc1ccc(-c2[nH]c(=S)ncc2C)cc1. The number of nitrogens with one attached hydrogen (secondary N) is 1. The highest BCUT2D eigenvalue weighted by Crippen LogP contribution is 2.20. The summed E-state index contributed by atoms with van der Waals surface area (Å²) in [5.41, 5.74) is 4.66. The van der Waals surface area contributed by atoms with Crippen LogP contribution in [0.2, 0.25) is 0 Å². The predicted molar refractivity (Wildman–Crippen MR) is 69.0 cm³/mol. The molecule has 1 aromatic carbocycles. The Bertz CT molecular complexity index is 541. The third kappa shape index (κ3) is 2.19. The van der Waals surface area contributed by atoms with E-state index in [1.165, 1.54) is 5.56 Å². The van der Waals surface area contributed by atoms with E-state index in [4.69, 9.17) is 12.2 Å². The highest BCUT2D eigenvalue weighted by atomic mass is 32.1. The largest absolute Gasteiger partial charge is 0.330 e. The summed E-state index contributed by atoms with van der Waals surface area (Å²) in [6, 6.07) is 8.52. The molecule has 0 atom stereocenters. The van der Waals surface area contributed by atoms with Crippen molar-refractivity contribution in [2.45, 2.75) is 20.3 Å². The zero-order chi connectivity index (χ0) is 11.5. The molecule has 0 amide bonds. The fourth-order valence-electron chi connectivity index (χ4n) is 1.66. The molecular weight excluding hydrogens is 216 g/mol. The molecule has 0 aliphatic carbocycles. The first-order valence-corrected chi connectivity index (χ1v) is 5.76. The van der Waals surface area contributed by atoms with Crippen molar-refractivity contribution >= 4 is 12.2 Å². The van der Waals surface area contributed by atoms with Crippen molar-refractivity contribution in [1.29, 1.82) is 0 Å². The van der Waals surface area contributed by atoms with Gasteiger partial charge < -0.3 is 4.98 Å². The lowest BCUT2D eigenvalue weighted by atomic mass is 10.1. The quantitative estimate of drug-likeness (QED) is 0.797. The minimum atomic E-state index is 0.528. The van der Waals surface area contributed by atoms with Gasteiger partial charge in [0.15, 0.2) is 4.77 Å². The molecule has 0 aliphatic heterocycles. The molecule has 0 fully saturated rings. The standard InChI is InChI=1S/C13H14N2S/c1-3-10-4-6-11(7-5-10)12-9(2)8-14-13(16)15-12/h4-8H,3H2,1-2H3,(H,14,15,16). The summed E-state index contributed by atoms with van der Waals surface area (Å²) in [5, 5.41) is 0. The highest BCUT2D eigenvalue weighted by Gasteiger charge is 2.02. The Morgan fingerprint density at radius 2 is 1.94 bits per heavy atom. The van der Waals surface area contributed by atoms with Gasteiger partial charge in [0.25, 0.3) is 0 Å². The Hall–Kier alpha value is -1.48. The van der Waals surface area contributed by atoms with E-state index in [-0.39, 0.29) is 0 Å². The zero-order valence-electron chi connectivity index (χ0n) is 9.45. The monoisotopic (exact) mass is 230 g/mol. The van der Waals surface area contributed by atoms with E-state index in [1.807, 2.05) is 13.1 Å². The molecule has 0 saturated carbocycles. The summed E-state index contributed by atoms with van der Waals surface area (Å²) in [6.07, 6.45) is 2.87. The average molecular weight is 230 g/mol. The van der Waals surface area contributed by atoms with Gasteiger partial charge in [-0.05, 0) is 42.3 Å². The summed E-state index contributed by atoms with van der Waals surface area (Å²) in [7, 11) is 0. The minimum absolute atomic E-state index is 0.528. The van der Waals surface area contributed by atoms with Gasteiger partial charge in [-0.2, -0.15) is 0 Å². The van der Waals surface area contributed by atoms with Crippen LogP contribution < -0.4 is 0 Å². The second-order valence-corrected chi connectivity index (χ2v) is 4.18. The van der Waals surface area contributed by atoms with Gasteiger partial charge in [-0.25, -0.2) is 4.98 Å². The molecular formula is C13H14N2S. The molecule has 0 unspecified atom stereocenters. The topological polar surface area (TPSA) is 28.7 Å².